The monoisotopic (exact) mass is 240 g/mol. The lowest BCUT2D eigenvalue weighted by molar-refractivity contribution is 0.292. The van der Waals surface area contributed by atoms with Crippen LogP contribution in [0.5, 0.6) is 0 Å². The van der Waals surface area contributed by atoms with Crippen molar-refractivity contribution in [1.82, 2.24) is 10.2 Å². The molecule has 1 aliphatic rings. The van der Waals surface area contributed by atoms with Crippen molar-refractivity contribution in [3.8, 4) is 0 Å². The van der Waals surface area contributed by atoms with E-state index in [9.17, 15) is 0 Å². The molecule has 3 N–H and O–H groups in total. The molecule has 1 aromatic rings. The molecule has 1 unspecified atom stereocenters. The second kappa shape index (κ2) is 5.46. The average Bonchev–Trinajstić information content (AvgIpc) is 2.97. The van der Waals surface area contributed by atoms with Crippen LogP contribution in [0.25, 0.3) is 0 Å². The first-order valence-corrected chi connectivity index (χ1v) is 6.19. The average molecular weight is 240 g/mol. The van der Waals surface area contributed by atoms with E-state index in [-0.39, 0.29) is 12.6 Å². The van der Waals surface area contributed by atoms with Gasteiger partial charge in [-0.1, -0.05) is 17.9 Å². The van der Waals surface area contributed by atoms with Crippen molar-refractivity contribution in [3.63, 3.8) is 0 Å². The fourth-order valence-electron chi connectivity index (χ4n) is 2.28. The lowest BCUT2D eigenvalue weighted by Gasteiger charge is -2.25. The highest BCUT2D eigenvalue weighted by Gasteiger charge is 2.26. The summed E-state index contributed by atoms with van der Waals surface area (Å²) in [6, 6.07) is 0.637. The molecular formula is C11H20N4O2. The predicted molar refractivity (Wildman–Crippen MR) is 63.6 cm³/mol. The van der Waals surface area contributed by atoms with Crippen molar-refractivity contribution in [3.05, 3.63) is 5.89 Å². The van der Waals surface area contributed by atoms with Crippen LogP contribution in [-0.2, 0) is 0 Å². The van der Waals surface area contributed by atoms with Crippen LogP contribution in [0.15, 0.2) is 4.42 Å². The minimum atomic E-state index is -0.254. The number of nitrogens with zero attached hydrogens (tertiary/aromatic N) is 3. The Morgan fingerprint density at radius 1 is 1.47 bits per heavy atom. The van der Waals surface area contributed by atoms with E-state index in [1.54, 1.807) is 0 Å². The molecule has 1 aromatic heterocycles. The summed E-state index contributed by atoms with van der Waals surface area (Å²) in [6.45, 7) is 2.43. The van der Waals surface area contributed by atoms with Crippen molar-refractivity contribution in [2.75, 3.05) is 18.1 Å². The van der Waals surface area contributed by atoms with Gasteiger partial charge in [0.15, 0.2) is 0 Å². The molecule has 1 atom stereocenters. The van der Waals surface area contributed by atoms with Crippen LogP contribution in [0.2, 0.25) is 0 Å². The molecule has 1 heterocycles. The third kappa shape index (κ3) is 2.76. The molecule has 1 fully saturated rings. The number of aliphatic hydroxyl groups excluding tert-OH is 1. The van der Waals surface area contributed by atoms with Gasteiger partial charge in [-0.15, -0.1) is 5.10 Å². The summed E-state index contributed by atoms with van der Waals surface area (Å²) >= 11 is 0. The molecule has 6 nitrogen and oxygen atoms in total. The molecule has 0 spiro atoms. The molecule has 0 amide bonds. The fourth-order valence-corrected chi connectivity index (χ4v) is 2.28. The fraction of sp³-hybridized carbons (Fsp3) is 0.818. The summed E-state index contributed by atoms with van der Waals surface area (Å²) in [5.74, 6) is 0.445. The zero-order valence-corrected chi connectivity index (χ0v) is 10.2. The van der Waals surface area contributed by atoms with E-state index in [4.69, 9.17) is 15.3 Å². The first kappa shape index (κ1) is 12.3. The number of anilines is 1. The van der Waals surface area contributed by atoms with Gasteiger partial charge in [0.2, 0.25) is 5.89 Å². The number of aromatic nitrogens is 2. The largest absolute Gasteiger partial charge is 0.406 e. The molecule has 2 rings (SSSR count). The Balaban J connectivity index is 2.13. The number of aliphatic hydroxyl groups is 1. The summed E-state index contributed by atoms with van der Waals surface area (Å²) in [5, 5.41) is 17.1. The van der Waals surface area contributed by atoms with Gasteiger partial charge >= 0.3 is 6.01 Å². The Kier molecular flexibility index (Phi) is 3.96. The van der Waals surface area contributed by atoms with Crippen molar-refractivity contribution in [1.29, 1.82) is 0 Å². The molecule has 0 radical (unpaired) electrons. The van der Waals surface area contributed by atoms with E-state index in [2.05, 4.69) is 10.2 Å². The summed E-state index contributed by atoms with van der Waals surface area (Å²) in [7, 11) is 0. The Labute approximate surface area is 101 Å². The maximum Gasteiger partial charge on any atom is 0.318 e. The van der Waals surface area contributed by atoms with Gasteiger partial charge in [0.25, 0.3) is 0 Å². The third-order valence-electron chi connectivity index (χ3n) is 3.17. The molecule has 6 heteroatoms. The Bertz CT molecular complexity index is 347. The van der Waals surface area contributed by atoms with E-state index >= 15 is 0 Å². The van der Waals surface area contributed by atoms with Crippen LogP contribution >= 0.6 is 0 Å². The molecule has 0 aromatic carbocycles. The SMILES string of the molecule is CC(N)c1nnc(N(CCO)C2CCCC2)o1. The lowest BCUT2D eigenvalue weighted by Crippen LogP contribution is -2.35. The lowest BCUT2D eigenvalue weighted by atomic mass is 10.2. The zero-order chi connectivity index (χ0) is 12.3. The molecule has 17 heavy (non-hydrogen) atoms. The van der Waals surface area contributed by atoms with Gasteiger partial charge in [-0.2, -0.15) is 0 Å². The van der Waals surface area contributed by atoms with Crippen LogP contribution in [0.3, 0.4) is 0 Å². The molecule has 0 bridgehead atoms. The molecular weight excluding hydrogens is 220 g/mol. The normalized spacial score (nSPS) is 18.5. The molecule has 1 aliphatic carbocycles. The number of rotatable bonds is 5. The minimum Gasteiger partial charge on any atom is -0.406 e. The van der Waals surface area contributed by atoms with Crippen LogP contribution < -0.4 is 10.6 Å². The van der Waals surface area contributed by atoms with Crippen LogP contribution in [-0.4, -0.2) is 34.5 Å². The Morgan fingerprint density at radius 2 is 2.18 bits per heavy atom. The highest BCUT2D eigenvalue weighted by Crippen LogP contribution is 2.27. The standard InChI is InChI=1S/C11H20N4O2/c1-8(12)10-13-14-11(17-10)15(6-7-16)9-4-2-3-5-9/h8-9,16H,2-7,12H2,1H3. The van der Waals surface area contributed by atoms with Crippen LogP contribution in [0.1, 0.15) is 44.5 Å². The molecule has 0 saturated heterocycles. The van der Waals surface area contributed by atoms with Crippen LogP contribution in [0.4, 0.5) is 6.01 Å². The first-order valence-electron chi connectivity index (χ1n) is 6.19. The highest BCUT2D eigenvalue weighted by molar-refractivity contribution is 5.27. The summed E-state index contributed by atoms with van der Waals surface area (Å²) in [4.78, 5) is 2.01. The second-order valence-corrected chi connectivity index (χ2v) is 4.57. The first-order chi connectivity index (χ1) is 8.22. The van der Waals surface area contributed by atoms with Crippen molar-refractivity contribution < 1.29 is 9.52 Å². The predicted octanol–water partition coefficient (Wildman–Crippen LogP) is 0.831. The van der Waals surface area contributed by atoms with Crippen molar-refractivity contribution >= 4 is 6.01 Å². The van der Waals surface area contributed by atoms with E-state index in [0.717, 1.165) is 12.8 Å². The number of hydrogen-bond donors (Lipinski definition) is 2. The molecule has 0 aliphatic heterocycles. The van der Waals surface area contributed by atoms with Gasteiger partial charge in [0.05, 0.1) is 12.6 Å². The van der Waals surface area contributed by atoms with E-state index in [0.29, 0.717) is 24.5 Å². The topological polar surface area (TPSA) is 88.4 Å². The maximum absolute atomic E-state index is 9.12. The summed E-state index contributed by atoms with van der Waals surface area (Å²) < 4.78 is 5.54. The van der Waals surface area contributed by atoms with Crippen molar-refractivity contribution in [2.24, 2.45) is 5.73 Å². The van der Waals surface area contributed by atoms with Gasteiger partial charge in [-0.3, -0.25) is 0 Å². The van der Waals surface area contributed by atoms with Crippen LogP contribution in [0, 0.1) is 0 Å². The summed E-state index contributed by atoms with van der Waals surface area (Å²) in [5.41, 5.74) is 5.69. The molecule has 96 valence electrons. The maximum atomic E-state index is 9.12. The van der Waals surface area contributed by atoms with E-state index < -0.39 is 0 Å². The summed E-state index contributed by atoms with van der Waals surface area (Å²) in [6.07, 6.45) is 4.69. The Morgan fingerprint density at radius 3 is 2.71 bits per heavy atom. The number of nitrogens with two attached hydrogens (primary N) is 1. The minimum absolute atomic E-state index is 0.0897. The molecule has 1 saturated carbocycles. The van der Waals surface area contributed by atoms with E-state index in [1.807, 2.05) is 11.8 Å². The second-order valence-electron chi connectivity index (χ2n) is 4.57. The van der Waals surface area contributed by atoms with Gasteiger partial charge in [-0.05, 0) is 19.8 Å². The Hall–Kier alpha value is -1.14. The van der Waals surface area contributed by atoms with Gasteiger partial charge in [0.1, 0.15) is 0 Å². The van der Waals surface area contributed by atoms with Gasteiger partial charge < -0.3 is 20.2 Å². The van der Waals surface area contributed by atoms with Gasteiger partial charge in [-0.25, -0.2) is 0 Å². The number of hydrogen-bond acceptors (Lipinski definition) is 6. The smallest absolute Gasteiger partial charge is 0.318 e. The van der Waals surface area contributed by atoms with E-state index in [1.165, 1.54) is 12.8 Å². The zero-order valence-electron chi connectivity index (χ0n) is 10.2. The quantitative estimate of drug-likeness (QED) is 0.792. The third-order valence-corrected chi connectivity index (χ3v) is 3.17. The van der Waals surface area contributed by atoms with Gasteiger partial charge in [0, 0.05) is 12.6 Å². The van der Waals surface area contributed by atoms with Crippen molar-refractivity contribution in [2.45, 2.75) is 44.7 Å². The highest BCUT2D eigenvalue weighted by atomic mass is 16.4.